The van der Waals surface area contributed by atoms with Gasteiger partial charge in [-0.2, -0.15) is 11.8 Å². The molecule has 0 spiro atoms. The van der Waals surface area contributed by atoms with Crippen molar-refractivity contribution in [2.45, 2.75) is 13.3 Å². The van der Waals surface area contributed by atoms with Crippen molar-refractivity contribution in [3.8, 4) is 0 Å². The SMILES string of the molecule is Cc1cc(CCN=C(N)N2CCSCC2)on1. The molecule has 1 aliphatic heterocycles. The smallest absolute Gasteiger partial charge is 0.191 e. The van der Waals surface area contributed by atoms with E-state index in [1.807, 2.05) is 24.8 Å². The number of guanidine groups is 1. The van der Waals surface area contributed by atoms with Crippen LogP contribution < -0.4 is 5.73 Å². The van der Waals surface area contributed by atoms with E-state index in [1.165, 1.54) is 0 Å². The first-order valence-corrected chi connectivity index (χ1v) is 6.96. The van der Waals surface area contributed by atoms with Crippen molar-refractivity contribution < 1.29 is 4.52 Å². The van der Waals surface area contributed by atoms with Crippen molar-refractivity contribution in [2.75, 3.05) is 31.1 Å². The maximum Gasteiger partial charge on any atom is 0.191 e. The van der Waals surface area contributed by atoms with Crippen LogP contribution >= 0.6 is 11.8 Å². The summed E-state index contributed by atoms with van der Waals surface area (Å²) in [5, 5.41) is 3.84. The van der Waals surface area contributed by atoms with Gasteiger partial charge in [0, 0.05) is 43.6 Å². The van der Waals surface area contributed by atoms with Gasteiger partial charge in [0.1, 0.15) is 5.76 Å². The standard InChI is InChI=1S/C11H18N4OS/c1-9-8-10(16-14-9)2-3-13-11(12)15-4-6-17-7-5-15/h8H,2-7H2,1H3,(H2,12,13). The lowest BCUT2D eigenvalue weighted by atomic mass is 10.3. The van der Waals surface area contributed by atoms with Gasteiger partial charge in [-0.1, -0.05) is 5.16 Å². The molecule has 6 heteroatoms. The van der Waals surface area contributed by atoms with Crippen LogP contribution in [0.15, 0.2) is 15.6 Å². The number of hydrogen-bond acceptors (Lipinski definition) is 4. The van der Waals surface area contributed by atoms with Crippen LogP contribution in [-0.2, 0) is 6.42 Å². The fourth-order valence-electron chi connectivity index (χ4n) is 1.71. The van der Waals surface area contributed by atoms with Crippen LogP contribution in [0.1, 0.15) is 11.5 Å². The number of nitrogens with two attached hydrogens (primary N) is 1. The van der Waals surface area contributed by atoms with Crippen LogP contribution in [0.4, 0.5) is 0 Å². The van der Waals surface area contributed by atoms with E-state index in [0.717, 1.165) is 42.5 Å². The first-order valence-electron chi connectivity index (χ1n) is 5.80. The Labute approximate surface area is 105 Å². The maximum absolute atomic E-state index is 5.94. The summed E-state index contributed by atoms with van der Waals surface area (Å²) in [6, 6.07) is 1.93. The molecule has 0 aliphatic carbocycles. The molecule has 2 rings (SSSR count). The van der Waals surface area contributed by atoms with Crippen molar-refractivity contribution >= 4 is 17.7 Å². The van der Waals surface area contributed by atoms with E-state index in [0.29, 0.717) is 12.5 Å². The molecule has 1 saturated heterocycles. The normalized spacial score (nSPS) is 17.5. The van der Waals surface area contributed by atoms with E-state index < -0.39 is 0 Å². The largest absolute Gasteiger partial charge is 0.370 e. The monoisotopic (exact) mass is 254 g/mol. The zero-order valence-corrected chi connectivity index (χ0v) is 10.9. The summed E-state index contributed by atoms with van der Waals surface area (Å²) in [5.41, 5.74) is 6.85. The van der Waals surface area contributed by atoms with Gasteiger partial charge in [-0.25, -0.2) is 0 Å². The molecule has 0 bridgehead atoms. The number of aryl methyl sites for hydroxylation is 1. The molecule has 5 nitrogen and oxygen atoms in total. The fraction of sp³-hybridized carbons (Fsp3) is 0.636. The highest BCUT2D eigenvalue weighted by Gasteiger charge is 2.11. The Morgan fingerprint density at radius 2 is 2.35 bits per heavy atom. The highest BCUT2D eigenvalue weighted by atomic mass is 32.2. The first kappa shape index (κ1) is 12.3. The molecule has 1 aromatic heterocycles. The zero-order valence-electron chi connectivity index (χ0n) is 10.1. The Balaban J connectivity index is 1.79. The van der Waals surface area contributed by atoms with Crippen LogP contribution in [0.3, 0.4) is 0 Å². The molecule has 1 fully saturated rings. The van der Waals surface area contributed by atoms with E-state index in [1.54, 1.807) is 0 Å². The zero-order chi connectivity index (χ0) is 12.1. The molecule has 0 radical (unpaired) electrons. The highest BCUT2D eigenvalue weighted by Crippen LogP contribution is 2.08. The second kappa shape index (κ2) is 5.95. The van der Waals surface area contributed by atoms with Crippen molar-refractivity contribution in [1.29, 1.82) is 0 Å². The molecule has 17 heavy (non-hydrogen) atoms. The molecule has 0 atom stereocenters. The topological polar surface area (TPSA) is 67.7 Å². The van der Waals surface area contributed by atoms with Gasteiger partial charge in [-0.3, -0.25) is 4.99 Å². The first-order chi connectivity index (χ1) is 8.25. The molecule has 94 valence electrons. The number of rotatable bonds is 3. The van der Waals surface area contributed by atoms with Crippen LogP contribution in [0, 0.1) is 6.92 Å². The summed E-state index contributed by atoms with van der Waals surface area (Å²) in [6.07, 6.45) is 0.754. The molecule has 0 aromatic carbocycles. The van der Waals surface area contributed by atoms with Gasteiger partial charge in [-0.15, -0.1) is 0 Å². The average molecular weight is 254 g/mol. The maximum atomic E-state index is 5.94. The Bertz CT molecular complexity index is 385. The Kier molecular flexibility index (Phi) is 4.30. The van der Waals surface area contributed by atoms with Crippen molar-refractivity contribution in [3.63, 3.8) is 0 Å². The van der Waals surface area contributed by atoms with Gasteiger partial charge < -0.3 is 15.2 Å². The molecule has 2 N–H and O–H groups in total. The number of hydrogen-bond donors (Lipinski definition) is 1. The third kappa shape index (κ3) is 3.66. The molecule has 2 heterocycles. The van der Waals surface area contributed by atoms with Crippen LogP contribution in [0.25, 0.3) is 0 Å². The van der Waals surface area contributed by atoms with E-state index >= 15 is 0 Å². The minimum atomic E-state index is 0.654. The van der Waals surface area contributed by atoms with Crippen molar-refractivity contribution in [1.82, 2.24) is 10.1 Å². The van der Waals surface area contributed by atoms with Gasteiger partial charge in [0.15, 0.2) is 5.96 Å². The molecular formula is C11H18N4OS. The van der Waals surface area contributed by atoms with Gasteiger partial charge >= 0.3 is 0 Å². The second-order valence-corrected chi connectivity index (χ2v) is 5.25. The summed E-state index contributed by atoms with van der Waals surface area (Å²) in [7, 11) is 0. The van der Waals surface area contributed by atoms with Crippen LogP contribution in [0.2, 0.25) is 0 Å². The molecular weight excluding hydrogens is 236 g/mol. The van der Waals surface area contributed by atoms with Gasteiger partial charge in [0.05, 0.1) is 5.69 Å². The lowest BCUT2D eigenvalue weighted by Gasteiger charge is -2.27. The average Bonchev–Trinajstić information content (AvgIpc) is 2.76. The minimum Gasteiger partial charge on any atom is -0.370 e. The second-order valence-electron chi connectivity index (χ2n) is 4.02. The number of aromatic nitrogens is 1. The third-order valence-corrected chi connectivity index (χ3v) is 3.59. The lowest BCUT2D eigenvalue weighted by molar-refractivity contribution is 0.380. The van der Waals surface area contributed by atoms with Crippen LogP contribution in [0.5, 0.6) is 0 Å². The molecule has 0 unspecified atom stereocenters. The highest BCUT2D eigenvalue weighted by molar-refractivity contribution is 7.99. The predicted octanol–water partition coefficient (Wildman–Crippen LogP) is 0.889. The van der Waals surface area contributed by atoms with Gasteiger partial charge in [0.25, 0.3) is 0 Å². The van der Waals surface area contributed by atoms with E-state index in [-0.39, 0.29) is 0 Å². The predicted molar refractivity (Wildman–Crippen MR) is 70.3 cm³/mol. The summed E-state index contributed by atoms with van der Waals surface area (Å²) < 4.78 is 5.11. The Morgan fingerprint density at radius 1 is 1.59 bits per heavy atom. The summed E-state index contributed by atoms with van der Waals surface area (Å²) in [4.78, 5) is 6.52. The van der Waals surface area contributed by atoms with E-state index in [2.05, 4.69) is 15.0 Å². The summed E-state index contributed by atoms with van der Waals surface area (Å²) in [6.45, 7) is 4.57. The molecule has 1 aliphatic rings. The van der Waals surface area contributed by atoms with Crippen molar-refractivity contribution in [2.24, 2.45) is 10.7 Å². The molecule has 0 amide bonds. The van der Waals surface area contributed by atoms with Crippen molar-refractivity contribution in [3.05, 3.63) is 17.5 Å². The Hall–Kier alpha value is -1.17. The fourth-order valence-corrected chi connectivity index (χ4v) is 2.61. The quantitative estimate of drug-likeness (QED) is 0.641. The lowest BCUT2D eigenvalue weighted by Crippen LogP contribution is -2.42. The van der Waals surface area contributed by atoms with Crippen LogP contribution in [-0.4, -0.2) is 47.2 Å². The third-order valence-electron chi connectivity index (χ3n) is 2.64. The van der Waals surface area contributed by atoms with Gasteiger partial charge in [0.2, 0.25) is 0 Å². The van der Waals surface area contributed by atoms with E-state index in [4.69, 9.17) is 10.3 Å². The number of aliphatic imine (C=N–C) groups is 1. The van der Waals surface area contributed by atoms with E-state index in [9.17, 15) is 0 Å². The number of nitrogens with zero attached hydrogens (tertiary/aromatic N) is 3. The Morgan fingerprint density at radius 3 is 3.00 bits per heavy atom. The summed E-state index contributed by atoms with van der Waals surface area (Å²) >= 11 is 1.96. The van der Waals surface area contributed by atoms with Gasteiger partial charge in [-0.05, 0) is 6.92 Å². The number of thioether (sulfide) groups is 1. The molecule has 1 aromatic rings. The minimum absolute atomic E-state index is 0.654. The summed E-state index contributed by atoms with van der Waals surface area (Å²) in [5.74, 6) is 3.80. The molecule has 0 saturated carbocycles.